The maximum atomic E-state index is 6.41. The highest BCUT2D eigenvalue weighted by atomic mass is 16.3. The smallest absolute Gasteiger partial charge is 0.143 e. The van der Waals surface area contributed by atoms with Gasteiger partial charge in [0.25, 0.3) is 0 Å². The lowest BCUT2D eigenvalue weighted by Crippen LogP contribution is -2.16. The second-order valence-corrected chi connectivity index (χ2v) is 14.1. The lowest BCUT2D eigenvalue weighted by atomic mass is 9.82. The van der Waals surface area contributed by atoms with Crippen molar-refractivity contribution in [3.8, 4) is 33.4 Å². The summed E-state index contributed by atoms with van der Waals surface area (Å²) in [5.41, 5.74) is 15.1. The number of nitrogens with zero attached hydrogens (tertiary/aromatic N) is 1. The topological polar surface area (TPSA) is 16.4 Å². The van der Waals surface area contributed by atoms with Crippen LogP contribution in [-0.2, 0) is 5.41 Å². The summed E-state index contributed by atoms with van der Waals surface area (Å²) in [6, 6.07) is 63.7. The van der Waals surface area contributed by atoms with Gasteiger partial charge in [0, 0.05) is 38.8 Å². The van der Waals surface area contributed by atoms with Crippen LogP contribution in [0.5, 0.6) is 0 Å². The molecule has 2 nitrogen and oxygen atoms in total. The molecule has 242 valence electrons. The lowest BCUT2D eigenvalue weighted by molar-refractivity contribution is 0.660. The Hall–Kier alpha value is -6.38. The summed E-state index contributed by atoms with van der Waals surface area (Å²) < 4.78 is 6.41. The molecule has 0 radical (unpaired) electrons. The number of rotatable bonds is 5. The summed E-state index contributed by atoms with van der Waals surface area (Å²) in [6.07, 6.45) is 0. The quantitative estimate of drug-likeness (QED) is 0.184. The minimum Gasteiger partial charge on any atom is -0.455 e. The average molecular weight is 654 g/mol. The molecule has 0 amide bonds. The van der Waals surface area contributed by atoms with E-state index in [9.17, 15) is 0 Å². The zero-order chi connectivity index (χ0) is 34.1. The van der Waals surface area contributed by atoms with E-state index >= 15 is 0 Å². The Kier molecular flexibility index (Phi) is 6.56. The van der Waals surface area contributed by atoms with Crippen LogP contribution in [0.1, 0.15) is 25.0 Å². The maximum Gasteiger partial charge on any atom is 0.143 e. The molecule has 51 heavy (non-hydrogen) atoms. The number of furan rings is 1. The van der Waals surface area contributed by atoms with Gasteiger partial charge in [-0.1, -0.05) is 147 Å². The van der Waals surface area contributed by atoms with E-state index in [0.29, 0.717) is 0 Å². The van der Waals surface area contributed by atoms with Crippen LogP contribution >= 0.6 is 0 Å². The fraction of sp³-hybridized carbons (Fsp3) is 0.0612. The normalized spacial score (nSPS) is 13.1. The first-order valence-corrected chi connectivity index (χ1v) is 17.7. The summed E-state index contributed by atoms with van der Waals surface area (Å²) in [7, 11) is 0. The van der Waals surface area contributed by atoms with Crippen LogP contribution in [0.3, 0.4) is 0 Å². The first-order chi connectivity index (χ1) is 25.0. The number of hydrogen-bond donors (Lipinski definition) is 0. The summed E-state index contributed by atoms with van der Waals surface area (Å²) in [5.74, 6) is 0. The number of benzene rings is 8. The minimum atomic E-state index is -0.0963. The number of anilines is 3. The van der Waals surface area contributed by atoms with Crippen molar-refractivity contribution >= 4 is 49.8 Å². The van der Waals surface area contributed by atoms with Crippen molar-refractivity contribution in [3.63, 3.8) is 0 Å². The second kappa shape index (κ2) is 11.3. The van der Waals surface area contributed by atoms with Crippen LogP contribution in [0.2, 0.25) is 0 Å². The molecule has 0 saturated heterocycles. The molecule has 0 saturated carbocycles. The highest BCUT2D eigenvalue weighted by molar-refractivity contribution is 6.09. The Morgan fingerprint density at radius 1 is 0.412 bits per heavy atom. The van der Waals surface area contributed by atoms with Gasteiger partial charge in [0.15, 0.2) is 0 Å². The van der Waals surface area contributed by atoms with Gasteiger partial charge < -0.3 is 9.32 Å². The average Bonchev–Trinajstić information content (AvgIpc) is 3.67. The van der Waals surface area contributed by atoms with Crippen molar-refractivity contribution < 1.29 is 4.42 Å². The molecule has 0 aliphatic heterocycles. The molecule has 0 atom stereocenters. The monoisotopic (exact) mass is 653 g/mol. The Bertz CT molecular complexity index is 2760. The molecule has 1 aromatic heterocycles. The minimum absolute atomic E-state index is 0.0963. The summed E-state index contributed by atoms with van der Waals surface area (Å²) in [4.78, 5) is 2.39. The van der Waals surface area contributed by atoms with Gasteiger partial charge in [0.05, 0.1) is 0 Å². The third-order valence-corrected chi connectivity index (χ3v) is 10.9. The summed E-state index contributed by atoms with van der Waals surface area (Å²) >= 11 is 0. The molecule has 9 aromatic rings. The predicted molar refractivity (Wildman–Crippen MR) is 214 cm³/mol. The van der Waals surface area contributed by atoms with Crippen molar-refractivity contribution in [1.29, 1.82) is 0 Å². The Morgan fingerprint density at radius 3 is 1.76 bits per heavy atom. The van der Waals surface area contributed by atoms with Crippen molar-refractivity contribution in [3.05, 3.63) is 187 Å². The van der Waals surface area contributed by atoms with Crippen LogP contribution < -0.4 is 4.90 Å². The fourth-order valence-corrected chi connectivity index (χ4v) is 8.31. The van der Waals surface area contributed by atoms with E-state index in [2.05, 4.69) is 183 Å². The molecule has 0 fully saturated rings. The van der Waals surface area contributed by atoms with E-state index < -0.39 is 0 Å². The van der Waals surface area contributed by atoms with E-state index in [-0.39, 0.29) is 5.41 Å². The first kappa shape index (κ1) is 29.5. The molecule has 0 spiro atoms. The third kappa shape index (κ3) is 4.64. The molecule has 1 aliphatic carbocycles. The molecule has 0 bridgehead atoms. The van der Waals surface area contributed by atoms with Gasteiger partial charge in [0.2, 0.25) is 0 Å². The highest BCUT2D eigenvalue weighted by Crippen LogP contribution is 2.51. The molecule has 1 aliphatic rings. The van der Waals surface area contributed by atoms with Crippen LogP contribution in [-0.4, -0.2) is 0 Å². The van der Waals surface area contributed by atoms with Crippen molar-refractivity contribution in [2.24, 2.45) is 0 Å². The highest BCUT2D eigenvalue weighted by Gasteiger charge is 2.35. The SMILES string of the molecule is CC1(C)c2ccccc2-c2ccc(N(c3ccc(-c4cccc5ccccc45)cc3)c3ccc(-c4cccc5c4oc4ccccc45)cc3)cc21. The third-order valence-electron chi connectivity index (χ3n) is 10.9. The van der Waals surface area contributed by atoms with Crippen LogP contribution in [0, 0.1) is 0 Å². The second-order valence-electron chi connectivity index (χ2n) is 14.1. The molecule has 2 heteroatoms. The van der Waals surface area contributed by atoms with Gasteiger partial charge in [-0.05, 0) is 92.2 Å². The zero-order valence-electron chi connectivity index (χ0n) is 28.6. The molecule has 0 unspecified atom stereocenters. The number of fused-ring (bicyclic) bond motifs is 7. The fourth-order valence-electron chi connectivity index (χ4n) is 8.31. The summed E-state index contributed by atoms with van der Waals surface area (Å²) in [6.45, 7) is 4.69. The van der Waals surface area contributed by atoms with Crippen molar-refractivity contribution in [1.82, 2.24) is 0 Å². The van der Waals surface area contributed by atoms with Crippen molar-refractivity contribution in [2.75, 3.05) is 4.90 Å². The molecule has 10 rings (SSSR count). The Balaban J connectivity index is 1.10. The van der Waals surface area contributed by atoms with E-state index in [0.717, 1.165) is 50.1 Å². The van der Waals surface area contributed by atoms with E-state index in [1.54, 1.807) is 0 Å². The largest absolute Gasteiger partial charge is 0.455 e. The lowest BCUT2D eigenvalue weighted by Gasteiger charge is -2.28. The zero-order valence-corrected chi connectivity index (χ0v) is 28.6. The van der Waals surface area contributed by atoms with E-state index in [4.69, 9.17) is 4.42 Å². The Morgan fingerprint density at radius 2 is 0.961 bits per heavy atom. The first-order valence-electron chi connectivity index (χ1n) is 17.7. The maximum absolute atomic E-state index is 6.41. The van der Waals surface area contributed by atoms with Gasteiger partial charge >= 0.3 is 0 Å². The van der Waals surface area contributed by atoms with Gasteiger partial charge in [-0.25, -0.2) is 0 Å². The predicted octanol–water partition coefficient (Wildman–Crippen LogP) is 13.8. The standard InChI is InChI=1S/C49H35NO/c1-49(2)45-19-7-5-14-41(45)42-30-29-37(31-46(42)49)50(35-25-21-33(22-26-35)39-16-9-12-32-11-3-4-13-38(32)39)36-27-23-34(24-28-36)40-17-10-18-44-43-15-6-8-20-47(43)51-48(40)44/h3-31H,1-2H3. The molecule has 0 N–H and O–H groups in total. The molecular formula is C49H35NO. The van der Waals surface area contributed by atoms with E-state index in [1.165, 1.54) is 44.2 Å². The van der Waals surface area contributed by atoms with Crippen molar-refractivity contribution in [2.45, 2.75) is 19.3 Å². The number of hydrogen-bond acceptors (Lipinski definition) is 2. The van der Waals surface area contributed by atoms with Gasteiger partial charge in [-0.15, -0.1) is 0 Å². The van der Waals surface area contributed by atoms with Crippen LogP contribution in [0.15, 0.2) is 180 Å². The molecule has 1 heterocycles. The molecular weight excluding hydrogens is 619 g/mol. The Labute approximate surface area is 297 Å². The van der Waals surface area contributed by atoms with Gasteiger partial charge in [-0.2, -0.15) is 0 Å². The van der Waals surface area contributed by atoms with E-state index in [1.807, 2.05) is 12.1 Å². The van der Waals surface area contributed by atoms with Crippen LogP contribution in [0.25, 0.3) is 66.1 Å². The van der Waals surface area contributed by atoms with Gasteiger partial charge in [0.1, 0.15) is 11.2 Å². The summed E-state index contributed by atoms with van der Waals surface area (Å²) in [5, 5.41) is 4.80. The number of para-hydroxylation sites is 2. The van der Waals surface area contributed by atoms with Gasteiger partial charge in [-0.3, -0.25) is 0 Å². The van der Waals surface area contributed by atoms with Crippen LogP contribution in [0.4, 0.5) is 17.1 Å². The molecule has 8 aromatic carbocycles.